The summed E-state index contributed by atoms with van der Waals surface area (Å²) < 4.78 is 0. The average molecular weight is 283 g/mol. The third-order valence-corrected chi connectivity index (χ3v) is 3.67. The first-order valence-electron chi connectivity index (χ1n) is 5.88. The normalized spacial score (nSPS) is 25.8. The molecule has 1 aliphatic rings. The van der Waals surface area contributed by atoms with Crippen LogP contribution in [0.5, 0.6) is 0 Å². The third kappa shape index (κ3) is 5.95. The van der Waals surface area contributed by atoms with Crippen LogP contribution in [0.1, 0.15) is 32.1 Å². The number of thioether (sulfide) groups is 1. The number of halogens is 1. The van der Waals surface area contributed by atoms with Gasteiger partial charge in [-0.25, -0.2) is 0 Å². The highest BCUT2D eigenvalue weighted by atomic mass is 35.5. The predicted molar refractivity (Wildman–Crippen MR) is 74.6 cm³/mol. The maximum Gasteiger partial charge on any atom is 0.237 e. The zero-order valence-electron chi connectivity index (χ0n) is 10.2. The van der Waals surface area contributed by atoms with E-state index in [-0.39, 0.29) is 24.4 Å². The molecule has 1 amide bonds. The van der Waals surface area contributed by atoms with Gasteiger partial charge in [0.1, 0.15) is 0 Å². The molecule has 102 valence electrons. The number of carbonyl (C=O) groups is 1. The van der Waals surface area contributed by atoms with E-state index in [0.29, 0.717) is 6.42 Å². The summed E-state index contributed by atoms with van der Waals surface area (Å²) >= 11 is 1.68. The van der Waals surface area contributed by atoms with E-state index in [1.165, 1.54) is 0 Å². The van der Waals surface area contributed by atoms with Crippen molar-refractivity contribution in [3.8, 4) is 0 Å². The molecule has 2 unspecified atom stereocenters. The second-order valence-corrected chi connectivity index (χ2v) is 5.34. The minimum Gasteiger partial charge on any atom is -0.391 e. The Bertz CT molecular complexity index is 232. The van der Waals surface area contributed by atoms with Crippen LogP contribution in [0.3, 0.4) is 0 Å². The van der Waals surface area contributed by atoms with Crippen LogP contribution in [0.25, 0.3) is 0 Å². The SMILES string of the molecule is CSCC[C@H](N)C(=O)NC1CCCCC1O.Cl. The molecule has 0 aromatic carbocycles. The van der Waals surface area contributed by atoms with Crippen LogP contribution in [-0.2, 0) is 4.79 Å². The lowest BCUT2D eigenvalue weighted by molar-refractivity contribution is -0.124. The van der Waals surface area contributed by atoms with Crippen LogP contribution < -0.4 is 11.1 Å². The van der Waals surface area contributed by atoms with Gasteiger partial charge >= 0.3 is 0 Å². The lowest BCUT2D eigenvalue weighted by atomic mass is 9.92. The van der Waals surface area contributed by atoms with Gasteiger partial charge in [0, 0.05) is 0 Å². The molecule has 17 heavy (non-hydrogen) atoms. The van der Waals surface area contributed by atoms with Crippen LogP contribution >= 0.6 is 24.2 Å². The molecule has 3 atom stereocenters. The standard InChI is InChI=1S/C11H22N2O2S.ClH/c1-16-7-6-8(12)11(15)13-9-4-2-3-5-10(9)14;/h8-10,14H,2-7,12H2,1H3,(H,13,15);1H/t8-,9?,10?;/m0./s1. The first-order chi connectivity index (χ1) is 7.65. The lowest BCUT2D eigenvalue weighted by Gasteiger charge is -2.29. The van der Waals surface area contributed by atoms with Gasteiger partial charge in [-0.2, -0.15) is 11.8 Å². The molecule has 1 aliphatic carbocycles. The number of aliphatic hydroxyl groups is 1. The van der Waals surface area contributed by atoms with Crippen molar-refractivity contribution < 1.29 is 9.90 Å². The van der Waals surface area contributed by atoms with Gasteiger partial charge in [-0.3, -0.25) is 4.79 Å². The van der Waals surface area contributed by atoms with Crippen LogP contribution in [-0.4, -0.2) is 41.2 Å². The summed E-state index contributed by atoms with van der Waals surface area (Å²) in [5, 5.41) is 12.6. The number of rotatable bonds is 5. The van der Waals surface area contributed by atoms with E-state index in [9.17, 15) is 9.90 Å². The number of aliphatic hydroxyl groups excluding tert-OH is 1. The molecule has 0 spiro atoms. The lowest BCUT2D eigenvalue weighted by Crippen LogP contribution is -2.50. The Morgan fingerprint density at radius 2 is 2.18 bits per heavy atom. The summed E-state index contributed by atoms with van der Waals surface area (Å²) in [4.78, 5) is 11.7. The van der Waals surface area contributed by atoms with Gasteiger partial charge in [0.2, 0.25) is 5.91 Å². The molecule has 4 nitrogen and oxygen atoms in total. The van der Waals surface area contributed by atoms with Crippen molar-refractivity contribution in [3.05, 3.63) is 0 Å². The number of nitrogens with one attached hydrogen (secondary N) is 1. The second-order valence-electron chi connectivity index (χ2n) is 4.35. The second kappa shape index (κ2) is 9.03. The van der Waals surface area contributed by atoms with Crippen molar-refractivity contribution in [2.24, 2.45) is 5.73 Å². The molecule has 0 radical (unpaired) electrons. The summed E-state index contributed by atoms with van der Waals surface area (Å²) in [7, 11) is 0. The van der Waals surface area contributed by atoms with E-state index in [2.05, 4.69) is 5.32 Å². The molecule has 6 heteroatoms. The van der Waals surface area contributed by atoms with E-state index in [1.807, 2.05) is 6.26 Å². The van der Waals surface area contributed by atoms with Gasteiger partial charge in [0.15, 0.2) is 0 Å². The van der Waals surface area contributed by atoms with Gasteiger partial charge in [-0.05, 0) is 31.3 Å². The summed E-state index contributed by atoms with van der Waals surface area (Å²) in [5.74, 6) is 0.766. The minimum atomic E-state index is -0.443. The summed E-state index contributed by atoms with van der Waals surface area (Å²) in [6.45, 7) is 0. The maximum atomic E-state index is 11.7. The van der Waals surface area contributed by atoms with E-state index in [0.717, 1.165) is 31.4 Å². The van der Waals surface area contributed by atoms with E-state index in [1.54, 1.807) is 11.8 Å². The van der Waals surface area contributed by atoms with Crippen LogP contribution in [0.2, 0.25) is 0 Å². The smallest absolute Gasteiger partial charge is 0.237 e. The van der Waals surface area contributed by atoms with Gasteiger partial charge < -0.3 is 16.2 Å². The number of hydrogen-bond acceptors (Lipinski definition) is 4. The van der Waals surface area contributed by atoms with Crippen molar-refractivity contribution in [2.75, 3.05) is 12.0 Å². The summed E-state index contributed by atoms with van der Waals surface area (Å²) in [5.41, 5.74) is 5.76. The van der Waals surface area contributed by atoms with Crippen molar-refractivity contribution in [3.63, 3.8) is 0 Å². The Labute approximate surface area is 114 Å². The van der Waals surface area contributed by atoms with Crippen molar-refractivity contribution >= 4 is 30.1 Å². The minimum absolute atomic E-state index is 0. The molecular formula is C11H23ClN2O2S. The monoisotopic (exact) mass is 282 g/mol. The first-order valence-corrected chi connectivity index (χ1v) is 7.27. The number of amides is 1. The fourth-order valence-corrected chi connectivity index (χ4v) is 2.43. The first kappa shape index (κ1) is 17.0. The Morgan fingerprint density at radius 3 is 2.76 bits per heavy atom. The molecule has 4 N–H and O–H groups in total. The average Bonchev–Trinajstić information content (AvgIpc) is 2.28. The predicted octanol–water partition coefficient (Wildman–Crippen LogP) is 0.908. The molecule has 0 aromatic rings. The van der Waals surface area contributed by atoms with Crippen LogP contribution in [0.4, 0.5) is 0 Å². The molecule has 0 bridgehead atoms. The number of nitrogens with two attached hydrogens (primary N) is 1. The Balaban J connectivity index is 0.00000256. The molecule has 1 saturated carbocycles. The topological polar surface area (TPSA) is 75.4 Å². The summed E-state index contributed by atoms with van der Waals surface area (Å²) in [6, 6.07) is -0.539. The molecule has 1 fully saturated rings. The maximum absolute atomic E-state index is 11.7. The number of hydrogen-bond donors (Lipinski definition) is 3. The van der Waals surface area contributed by atoms with Gasteiger partial charge in [0.05, 0.1) is 18.2 Å². The molecule has 0 saturated heterocycles. The highest BCUT2D eigenvalue weighted by molar-refractivity contribution is 7.98. The number of carbonyl (C=O) groups excluding carboxylic acids is 1. The van der Waals surface area contributed by atoms with E-state index >= 15 is 0 Å². The highest BCUT2D eigenvalue weighted by Crippen LogP contribution is 2.18. The zero-order valence-corrected chi connectivity index (χ0v) is 11.9. The van der Waals surface area contributed by atoms with Crippen molar-refractivity contribution in [2.45, 2.75) is 50.3 Å². The Kier molecular flexibility index (Phi) is 9.04. The Morgan fingerprint density at radius 1 is 1.53 bits per heavy atom. The van der Waals surface area contributed by atoms with E-state index in [4.69, 9.17) is 5.73 Å². The van der Waals surface area contributed by atoms with Crippen molar-refractivity contribution in [1.82, 2.24) is 5.32 Å². The molecule has 1 rings (SSSR count). The van der Waals surface area contributed by atoms with Crippen LogP contribution in [0.15, 0.2) is 0 Å². The fourth-order valence-electron chi connectivity index (χ4n) is 1.95. The quantitative estimate of drug-likeness (QED) is 0.701. The van der Waals surface area contributed by atoms with Gasteiger partial charge in [0.25, 0.3) is 0 Å². The Hall–Kier alpha value is 0.0300. The largest absolute Gasteiger partial charge is 0.391 e. The van der Waals surface area contributed by atoms with Crippen molar-refractivity contribution in [1.29, 1.82) is 0 Å². The molecule has 0 aliphatic heterocycles. The van der Waals surface area contributed by atoms with Crippen LogP contribution in [0, 0.1) is 0 Å². The zero-order chi connectivity index (χ0) is 12.0. The highest BCUT2D eigenvalue weighted by Gasteiger charge is 2.26. The summed E-state index contributed by atoms with van der Waals surface area (Å²) in [6.07, 6.45) is 6.05. The third-order valence-electron chi connectivity index (χ3n) is 3.03. The fraction of sp³-hybridized carbons (Fsp3) is 0.909. The van der Waals surface area contributed by atoms with Gasteiger partial charge in [-0.15, -0.1) is 12.4 Å². The van der Waals surface area contributed by atoms with Gasteiger partial charge in [-0.1, -0.05) is 12.8 Å². The molecule has 0 heterocycles. The van der Waals surface area contributed by atoms with E-state index < -0.39 is 12.1 Å². The molecular weight excluding hydrogens is 260 g/mol. The molecule has 0 aromatic heterocycles.